The molecule has 0 saturated heterocycles. The Bertz CT molecular complexity index is 973. The molecule has 1 aliphatic rings. The van der Waals surface area contributed by atoms with Gasteiger partial charge in [0, 0.05) is 5.69 Å². The van der Waals surface area contributed by atoms with Crippen molar-refractivity contribution >= 4 is 27.5 Å². The molecule has 2 aromatic carbocycles. The quantitative estimate of drug-likeness (QED) is 0.898. The third kappa shape index (κ3) is 3.22. The summed E-state index contributed by atoms with van der Waals surface area (Å²) in [7, 11) is -3.99. The summed E-state index contributed by atoms with van der Waals surface area (Å²) in [5.41, 5.74) is 1.74. The van der Waals surface area contributed by atoms with E-state index in [1.807, 2.05) is 12.1 Å². The van der Waals surface area contributed by atoms with Crippen LogP contribution in [0.25, 0.3) is 0 Å². The molecule has 0 aromatic heterocycles. The summed E-state index contributed by atoms with van der Waals surface area (Å²) in [5.74, 6) is -1.25. The van der Waals surface area contributed by atoms with E-state index in [4.69, 9.17) is 0 Å². The minimum atomic E-state index is -3.99. The number of nitrogens with one attached hydrogen (secondary N) is 1. The zero-order valence-corrected chi connectivity index (χ0v) is 15.6. The smallest absolute Gasteiger partial charge is 0.269 e. The van der Waals surface area contributed by atoms with E-state index in [-0.39, 0.29) is 15.9 Å². The number of anilines is 1. The van der Waals surface area contributed by atoms with Crippen LogP contribution >= 0.6 is 0 Å². The Morgan fingerprint density at radius 2 is 1.65 bits per heavy atom. The molecule has 2 aromatic rings. The molecule has 1 N–H and O–H groups in total. The van der Waals surface area contributed by atoms with Crippen molar-refractivity contribution in [1.29, 1.82) is 0 Å². The lowest BCUT2D eigenvalue weighted by Crippen LogP contribution is -2.37. The molecule has 0 bridgehead atoms. The van der Waals surface area contributed by atoms with E-state index in [1.165, 1.54) is 12.1 Å². The van der Waals surface area contributed by atoms with Crippen LogP contribution in [0.5, 0.6) is 0 Å². The van der Waals surface area contributed by atoms with Gasteiger partial charge in [0.25, 0.3) is 15.9 Å². The highest BCUT2D eigenvalue weighted by molar-refractivity contribution is 7.90. The van der Waals surface area contributed by atoms with E-state index >= 15 is 0 Å². The number of hydrogen-bond donors (Lipinski definition) is 1. The highest BCUT2D eigenvalue weighted by Gasteiger charge is 2.41. The van der Waals surface area contributed by atoms with Crippen molar-refractivity contribution < 1.29 is 18.0 Å². The largest absolute Gasteiger partial charge is 0.325 e. The molecule has 0 radical (unpaired) electrons. The number of carbonyl (C=O) groups excluding carboxylic acids is 2. The third-order valence-electron chi connectivity index (χ3n) is 4.23. The maximum atomic E-state index is 12.5. The second-order valence-corrected chi connectivity index (χ2v) is 9.02. The van der Waals surface area contributed by atoms with Crippen LogP contribution in [0.15, 0.2) is 53.4 Å². The topological polar surface area (TPSA) is 83.6 Å². The number of carbonyl (C=O) groups is 2. The number of amides is 2. The summed E-state index contributed by atoms with van der Waals surface area (Å²) in [6.45, 7) is 5.70. The molecule has 0 atom stereocenters. The lowest BCUT2D eigenvalue weighted by Gasteiger charge is -2.19. The number of hydrogen-bond acceptors (Lipinski definition) is 4. The number of fused-ring (bicyclic) bond motifs is 1. The second kappa shape index (κ2) is 6.25. The molecule has 1 aliphatic heterocycles. The van der Waals surface area contributed by atoms with E-state index in [2.05, 4.69) is 26.1 Å². The van der Waals surface area contributed by atoms with E-state index in [0.717, 1.165) is 5.56 Å². The molecule has 3 rings (SSSR count). The van der Waals surface area contributed by atoms with Crippen molar-refractivity contribution in [2.45, 2.75) is 31.1 Å². The molecule has 0 spiro atoms. The van der Waals surface area contributed by atoms with Crippen LogP contribution < -0.4 is 5.32 Å². The normalized spacial score (nSPS) is 15.7. The maximum Gasteiger partial charge on any atom is 0.269 e. The van der Waals surface area contributed by atoms with Gasteiger partial charge in [-0.1, -0.05) is 45.0 Å². The molecule has 7 heteroatoms. The van der Waals surface area contributed by atoms with Gasteiger partial charge >= 0.3 is 0 Å². The lowest BCUT2D eigenvalue weighted by atomic mass is 9.87. The van der Waals surface area contributed by atoms with Crippen LogP contribution in [0.2, 0.25) is 0 Å². The minimum absolute atomic E-state index is 0.00956. The fourth-order valence-corrected chi connectivity index (χ4v) is 4.30. The molecule has 136 valence electrons. The number of nitrogens with zero attached hydrogens (tertiary/aromatic N) is 1. The number of benzene rings is 2. The fraction of sp³-hybridized carbons (Fsp3) is 0.263. The zero-order chi connectivity index (χ0) is 19.1. The van der Waals surface area contributed by atoms with Gasteiger partial charge < -0.3 is 5.32 Å². The van der Waals surface area contributed by atoms with E-state index < -0.39 is 28.4 Å². The van der Waals surface area contributed by atoms with Crippen molar-refractivity contribution in [3.8, 4) is 0 Å². The van der Waals surface area contributed by atoms with Gasteiger partial charge in [-0.05, 0) is 35.2 Å². The van der Waals surface area contributed by atoms with E-state index in [0.29, 0.717) is 9.99 Å². The molecule has 0 fully saturated rings. The third-order valence-corrected chi connectivity index (χ3v) is 6.02. The zero-order valence-electron chi connectivity index (χ0n) is 14.8. The average Bonchev–Trinajstić information content (AvgIpc) is 2.76. The SMILES string of the molecule is CC(C)(C)c1ccc(NC(=O)CN2C(=O)c3ccccc3S2(=O)=O)cc1. The van der Waals surface area contributed by atoms with Crippen LogP contribution in [0.1, 0.15) is 36.7 Å². The molecule has 0 saturated carbocycles. The van der Waals surface area contributed by atoms with Gasteiger partial charge in [-0.25, -0.2) is 12.7 Å². The fourth-order valence-electron chi connectivity index (χ4n) is 2.77. The van der Waals surface area contributed by atoms with Crippen molar-refractivity contribution in [3.63, 3.8) is 0 Å². The Balaban J connectivity index is 1.74. The Labute approximate surface area is 152 Å². The first-order valence-corrected chi connectivity index (χ1v) is 9.61. The van der Waals surface area contributed by atoms with Crippen LogP contribution in [0.3, 0.4) is 0 Å². The monoisotopic (exact) mass is 372 g/mol. The van der Waals surface area contributed by atoms with Crippen LogP contribution in [-0.2, 0) is 20.2 Å². The second-order valence-electron chi connectivity index (χ2n) is 7.19. The standard InChI is InChI=1S/C19H20N2O4S/c1-19(2,3)13-8-10-14(11-9-13)20-17(22)12-21-18(23)15-6-4-5-7-16(15)26(21,24)25/h4-11H,12H2,1-3H3,(H,20,22). The number of sulfonamides is 1. The Morgan fingerprint density at radius 3 is 2.23 bits per heavy atom. The first-order valence-electron chi connectivity index (χ1n) is 8.17. The predicted molar refractivity (Wildman–Crippen MR) is 98.4 cm³/mol. The first kappa shape index (κ1) is 18.1. The molecule has 2 amide bonds. The molecule has 0 aliphatic carbocycles. The summed E-state index contributed by atoms with van der Waals surface area (Å²) >= 11 is 0. The summed E-state index contributed by atoms with van der Waals surface area (Å²) in [4.78, 5) is 24.5. The Kier molecular flexibility index (Phi) is 4.36. The van der Waals surface area contributed by atoms with Gasteiger partial charge in [0.1, 0.15) is 11.4 Å². The van der Waals surface area contributed by atoms with Crippen LogP contribution in [-0.4, -0.2) is 31.1 Å². The highest BCUT2D eigenvalue weighted by atomic mass is 32.2. The maximum absolute atomic E-state index is 12.5. The van der Waals surface area contributed by atoms with Gasteiger partial charge in [0.15, 0.2) is 0 Å². The summed E-state index contributed by atoms with van der Waals surface area (Å²) < 4.78 is 25.5. The number of rotatable bonds is 3. The molecule has 6 nitrogen and oxygen atoms in total. The molecule has 26 heavy (non-hydrogen) atoms. The molecular weight excluding hydrogens is 352 g/mol. The molecule has 0 unspecified atom stereocenters. The Hall–Kier alpha value is -2.67. The Morgan fingerprint density at radius 1 is 1.04 bits per heavy atom. The molecular formula is C19H20N2O4S. The van der Waals surface area contributed by atoms with Crippen molar-refractivity contribution in [3.05, 3.63) is 59.7 Å². The highest BCUT2D eigenvalue weighted by Crippen LogP contribution is 2.29. The van der Waals surface area contributed by atoms with Gasteiger partial charge in [0.2, 0.25) is 5.91 Å². The van der Waals surface area contributed by atoms with Crippen molar-refractivity contribution in [2.75, 3.05) is 11.9 Å². The lowest BCUT2D eigenvalue weighted by molar-refractivity contribution is -0.116. The molecule has 1 heterocycles. The first-order chi connectivity index (χ1) is 12.1. The van der Waals surface area contributed by atoms with Gasteiger partial charge in [-0.2, -0.15) is 0 Å². The average molecular weight is 372 g/mol. The van der Waals surface area contributed by atoms with Crippen molar-refractivity contribution in [1.82, 2.24) is 4.31 Å². The van der Waals surface area contributed by atoms with E-state index in [9.17, 15) is 18.0 Å². The van der Waals surface area contributed by atoms with Crippen LogP contribution in [0, 0.1) is 0 Å². The predicted octanol–water partition coefficient (Wildman–Crippen LogP) is 2.77. The summed E-state index contributed by atoms with van der Waals surface area (Å²) in [6.07, 6.45) is 0. The van der Waals surface area contributed by atoms with Gasteiger partial charge in [0.05, 0.1) is 5.56 Å². The van der Waals surface area contributed by atoms with Crippen LogP contribution in [0.4, 0.5) is 5.69 Å². The van der Waals surface area contributed by atoms with E-state index in [1.54, 1.807) is 24.3 Å². The van der Waals surface area contributed by atoms with Gasteiger partial charge in [-0.3, -0.25) is 9.59 Å². The minimum Gasteiger partial charge on any atom is -0.325 e. The summed E-state index contributed by atoms with van der Waals surface area (Å²) in [6, 6.07) is 13.3. The summed E-state index contributed by atoms with van der Waals surface area (Å²) in [5, 5.41) is 2.64. The van der Waals surface area contributed by atoms with Crippen molar-refractivity contribution in [2.24, 2.45) is 0 Å². The van der Waals surface area contributed by atoms with Gasteiger partial charge in [-0.15, -0.1) is 0 Å².